The maximum atomic E-state index is 3.98. The van der Waals surface area contributed by atoms with E-state index < -0.39 is 0 Å². The lowest BCUT2D eigenvalue weighted by Gasteiger charge is -2.02. The van der Waals surface area contributed by atoms with Gasteiger partial charge in [-0.15, -0.1) is 0 Å². The van der Waals surface area contributed by atoms with Crippen LogP contribution in [0.25, 0.3) is 5.57 Å². The van der Waals surface area contributed by atoms with Crippen LogP contribution in [0, 0.1) is 0 Å². The highest BCUT2D eigenvalue weighted by Gasteiger charge is 2.19. The highest BCUT2D eigenvalue weighted by atomic mass is 14.2. The second kappa shape index (κ2) is 5.01. The summed E-state index contributed by atoms with van der Waals surface area (Å²) in [6, 6.07) is 8.61. The Morgan fingerprint density at radius 1 is 1.29 bits per heavy atom. The molecule has 0 saturated carbocycles. The predicted octanol–water partition coefficient (Wildman–Crippen LogP) is 4.70. The molecule has 2 rings (SSSR count). The van der Waals surface area contributed by atoms with Gasteiger partial charge in [0.2, 0.25) is 0 Å². The summed E-state index contributed by atoms with van der Waals surface area (Å²) in [5, 5.41) is 0. The maximum Gasteiger partial charge on any atom is -0.00135 e. The molecule has 0 unspecified atom stereocenters. The van der Waals surface area contributed by atoms with E-state index >= 15 is 0 Å². The minimum atomic E-state index is 1.03. The zero-order valence-electron chi connectivity index (χ0n) is 10.5. The van der Waals surface area contributed by atoms with Crippen molar-refractivity contribution in [2.45, 2.75) is 20.3 Å². The molecule has 0 radical (unpaired) electrons. The van der Waals surface area contributed by atoms with Gasteiger partial charge in [0, 0.05) is 0 Å². The van der Waals surface area contributed by atoms with Crippen LogP contribution in [-0.4, -0.2) is 0 Å². The Balaban J connectivity index is 2.51. The lowest BCUT2D eigenvalue weighted by molar-refractivity contribution is 1.27. The van der Waals surface area contributed by atoms with Gasteiger partial charge in [-0.3, -0.25) is 0 Å². The van der Waals surface area contributed by atoms with Crippen LogP contribution in [0.4, 0.5) is 0 Å². The minimum Gasteiger partial charge on any atom is -0.0961 e. The summed E-state index contributed by atoms with van der Waals surface area (Å²) < 4.78 is 0. The molecular weight excluding hydrogens is 204 g/mol. The average molecular weight is 222 g/mol. The Kier molecular flexibility index (Phi) is 3.43. The predicted molar refractivity (Wildman–Crippen MR) is 75.8 cm³/mol. The van der Waals surface area contributed by atoms with Crippen molar-refractivity contribution in [3.05, 3.63) is 77.4 Å². The lowest BCUT2D eigenvalue weighted by atomic mass is 10.0. The monoisotopic (exact) mass is 222 g/mol. The van der Waals surface area contributed by atoms with Gasteiger partial charge in [0.1, 0.15) is 0 Å². The molecule has 0 nitrogen and oxygen atoms in total. The molecule has 0 heterocycles. The van der Waals surface area contributed by atoms with Crippen molar-refractivity contribution in [2.75, 3.05) is 0 Å². The third-order valence-electron chi connectivity index (χ3n) is 2.91. The Bertz CT molecular complexity index is 525. The molecule has 0 amide bonds. The van der Waals surface area contributed by atoms with Crippen molar-refractivity contribution in [3.63, 3.8) is 0 Å². The first-order valence-corrected chi connectivity index (χ1v) is 6.00. The van der Waals surface area contributed by atoms with Gasteiger partial charge in [0.25, 0.3) is 0 Å². The number of hydrogen-bond donors (Lipinski definition) is 0. The highest BCUT2D eigenvalue weighted by Crippen LogP contribution is 2.37. The van der Waals surface area contributed by atoms with Gasteiger partial charge >= 0.3 is 0 Å². The van der Waals surface area contributed by atoms with Crippen molar-refractivity contribution in [2.24, 2.45) is 0 Å². The first-order valence-electron chi connectivity index (χ1n) is 6.00. The fraction of sp³-hybridized carbons (Fsp3) is 0.176. The smallest absolute Gasteiger partial charge is 0.00135 e. The third-order valence-corrected chi connectivity index (χ3v) is 2.91. The summed E-state index contributed by atoms with van der Waals surface area (Å²) >= 11 is 0. The zero-order valence-corrected chi connectivity index (χ0v) is 10.5. The van der Waals surface area contributed by atoms with Gasteiger partial charge in [-0.25, -0.2) is 0 Å². The fourth-order valence-electron chi connectivity index (χ4n) is 2.19. The van der Waals surface area contributed by atoms with Gasteiger partial charge in [-0.1, -0.05) is 60.7 Å². The number of benzene rings is 1. The highest BCUT2D eigenvalue weighted by molar-refractivity contribution is 5.87. The van der Waals surface area contributed by atoms with Crippen molar-refractivity contribution < 1.29 is 0 Å². The second-order valence-corrected chi connectivity index (χ2v) is 4.46. The summed E-state index contributed by atoms with van der Waals surface area (Å²) in [5.74, 6) is 0. The normalized spacial score (nSPS) is 19.2. The summed E-state index contributed by atoms with van der Waals surface area (Å²) in [6.45, 7) is 8.07. The summed E-state index contributed by atoms with van der Waals surface area (Å²) in [4.78, 5) is 0. The van der Waals surface area contributed by atoms with Gasteiger partial charge in [0.05, 0.1) is 0 Å². The van der Waals surface area contributed by atoms with Gasteiger partial charge in [-0.05, 0) is 42.5 Å². The molecule has 0 aromatic heterocycles. The SMILES string of the molecule is C=C(C)C=C1/C(=C\C=C/C)Cc2ccccc21. The maximum absolute atomic E-state index is 3.98. The molecule has 0 bridgehead atoms. The van der Waals surface area contributed by atoms with E-state index in [1.165, 1.54) is 22.3 Å². The zero-order chi connectivity index (χ0) is 12.3. The van der Waals surface area contributed by atoms with E-state index in [1.807, 2.05) is 13.8 Å². The quantitative estimate of drug-likeness (QED) is 0.680. The third kappa shape index (κ3) is 2.47. The molecule has 1 aliphatic rings. The van der Waals surface area contributed by atoms with E-state index in [0.717, 1.165) is 12.0 Å². The molecule has 0 fully saturated rings. The lowest BCUT2D eigenvalue weighted by Crippen LogP contribution is -1.81. The molecule has 0 heteroatoms. The van der Waals surface area contributed by atoms with Crippen LogP contribution in [0.5, 0.6) is 0 Å². The van der Waals surface area contributed by atoms with E-state index in [4.69, 9.17) is 0 Å². The molecule has 0 aliphatic heterocycles. The Morgan fingerprint density at radius 2 is 2.06 bits per heavy atom. The van der Waals surface area contributed by atoms with Crippen molar-refractivity contribution >= 4 is 5.57 Å². The molecule has 0 N–H and O–H groups in total. The van der Waals surface area contributed by atoms with Crippen molar-refractivity contribution in [1.82, 2.24) is 0 Å². The molecule has 0 saturated heterocycles. The molecule has 0 atom stereocenters. The number of hydrogen-bond acceptors (Lipinski definition) is 0. The van der Waals surface area contributed by atoms with Crippen LogP contribution < -0.4 is 0 Å². The average Bonchev–Trinajstić information content (AvgIpc) is 2.64. The van der Waals surface area contributed by atoms with Crippen LogP contribution in [-0.2, 0) is 6.42 Å². The largest absolute Gasteiger partial charge is 0.0961 e. The van der Waals surface area contributed by atoms with Crippen LogP contribution in [0.3, 0.4) is 0 Å². The topological polar surface area (TPSA) is 0 Å². The summed E-state index contributed by atoms with van der Waals surface area (Å²) in [5.41, 5.74) is 6.57. The van der Waals surface area contributed by atoms with Crippen LogP contribution in [0.15, 0.2) is 66.3 Å². The van der Waals surface area contributed by atoms with Crippen molar-refractivity contribution in [3.8, 4) is 0 Å². The Hall–Kier alpha value is -1.82. The summed E-state index contributed by atoms with van der Waals surface area (Å²) in [7, 11) is 0. The van der Waals surface area contributed by atoms with E-state index in [2.05, 4.69) is 55.1 Å². The summed E-state index contributed by atoms with van der Waals surface area (Å²) in [6.07, 6.45) is 9.58. The van der Waals surface area contributed by atoms with E-state index in [9.17, 15) is 0 Å². The van der Waals surface area contributed by atoms with Gasteiger partial charge in [0.15, 0.2) is 0 Å². The molecule has 1 aliphatic carbocycles. The Morgan fingerprint density at radius 3 is 2.76 bits per heavy atom. The number of rotatable bonds is 2. The van der Waals surface area contributed by atoms with Crippen molar-refractivity contribution in [1.29, 1.82) is 0 Å². The van der Waals surface area contributed by atoms with E-state index in [1.54, 1.807) is 0 Å². The van der Waals surface area contributed by atoms with Gasteiger partial charge in [-0.2, -0.15) is 0 Å². The van der Waals surface area contributed by atoms with Crippen LogP contribution in [0.2, 0.25) is 0 Å². The fourth-order valence-corrected chi connectivity index (χ4v) is 2.19. The first kappa shape index (κ1) is 11.7. The standard InChI is InChI=1S/C17H18/c1-4-5-8-15-12-14-9-6-7-10-16(14)17(15)11-13(2)3/h4-11H,2,12H2,1,3H3/b5-4-,15-8-,17-11?. The molecular formula is C17H18. The number of allylic oxidation sites excluding steroid dienone is 7. The number of fused-ring (bicyclic) bond motifs is 1. The molecule has 17 heavy (non-hydrogen) atoms. The molecule has 1 aromatic rings. The van der Waals surface area contributed by atoms with E-state index in [0.29, 0.717) is 0 Å². The van der Waals surface area contributed by atoms with E-state index in [-0.39, 0.29) is 0 Å². The molecule has 1 aromatic carbocycles. The molecule has 86 valence electrons. The van der Waals surface area contributed by atoms with Gasteiger partial charge < -0.3 is 0 Å². The second-order valence-electron chi connectivity index (χ2n) is 4.46. The first-order chi connectivity index (χ1) is 8.22. The molecule has 0 spiro atoms. The minimum absolute atomic E-state index is 1.03. The van der Waals surface area contributed by atoms with Crippen LogP contribution >= 0.6 is 0 Å². The Labute approximate surface area is 104 Å². The van der Waals surface area contributed by atoms with Crippen LogP contribution in [0.1, 0.15) is 25.0 Å².